The van der Waals surface area contributed by atoms with Crippen LogP contribution >= 0.6 is 11.3 Å². The second-order valence-electron chi connectivity index (χ2n) is 3.84. The Balaban J connectivity index is 2.31. The molecule has 78 valence electrons. The predicted molar refractivity (Wildman–Crippen MR) is 58.8 cm³/mol. The van der Waals surface area contributed by atoms with E-state index in [2.05, 4.69) is 5.32 Å². The molecule has 1 rings (SSSR count). The Hall–Kier alpha value is -1.03. The minimum Gasteiger partial charge on any atom is -0.481 e. The first-order valence-corrected chi connectivity index (χ1v) is 5.41. The van der Waals surface area contributed by atoms with Crippen molar-refractivity contribution in [3.63, 3.8) is 0 Å². The van der Waals surface area contributed by atoms with Crippen molar-refractivity contribution in [1.82, 2.24) is 0 Å². The van der Waals surface area contributed by atoms with Crippen LogP contribution in [0.4, 0.5) is 5.00 Å². The van der Waals surface area contributed by atoms with Gasteiger partial charge in [-0.3, -0.25) is 4.79 Å². The van der Waals surface area contributed by atoms with Gasteiger partial charge in [-0.15, -0.1) is 11.3 Å². The van der Waals surface area contributed by atoms with Gasteiger partial charge in [0.15, 0.2) is 0 Å². The monoisotopic (exact) mass is 213 g/mol. The van der Waals surface area contributed by atoms with E-state index in [0.717, 1.165) is 5.00 Å². The number of nitrogens with one attached hydrogen (secondary N) is 1. The Morgan fingerprint density at radius 2 is 2.36 bits per heavy atom. The topological polar surface area (TPSA) is 49.3 Å². The van der Waals surface area contributed by atoms with Crippen molar-refractivity contribution >= 4 is 22.3 Å². The number of hydrogen-bond donors (Lipinski definition) is 2. The molecule has 0 aromatic carbocycles. The lowest BCUT2D eigenvalue weighted by Crippen LogP contribution is -2.26. The average Bonchev–Trinajstić information content (AvgIpc) is 2.56. The average molecular weight is 213 g/mol. The Kier molecular flexibility index (Phi) is 3.52. The van der Waals surface area contributed by atoms with E-state index in [-0.39, 0.29) is 0 Å². The Bertz CT molecular complexity index is 293. The third kappa shape index (κ3) is 3.03. The molecule has 0 bridgehead atoms. The van der Waals surface area contributed by atoms with E-state index in [9.17, 15) is 4.79 Å². The molecule has 0 aliphatic rings. The van der Waals surface area contributed by atoms with Crippen molar-refractivity contribution in [2.24, 2.45) is 5.41 Å². The fraction of sp³-hybridized carbons (Fsp3) is 0.500. The van der Waals surface area contributed by atoms with Crippen LogP contribution in [0, 0.1) is 5.41 Å². The van der Waals surface area contributed by atoms with Crippen LogP contribution in [0.15, 0.2) is 17.5 Å². The van der Waals surface area contributed by atoms with Gasteiger partial charge >= 0.3 is 5.97 Å². The second kappa shape index (κ2) is 4.46. The van der Waals surface area contributed by atoms with E-state index in [1.807, 2.05) is 17.5 Å². The molecule has 0 saturated carbocycles. The maximum absolute atomic E-state index is 10.8. The molecule has 0 aliphatic carbocycles. The van der Waals surface area contributed by atoms with Gasteiger partial charge in [0.2, 0.25) is 0 Å². The van der Waals surface area contributed by atoms with Gasteiger partial charge in [-0.25, -0.2) is 0 Å². The third-order valence-corrected chi connectivity index (χ3v) is 2.98. The Morgan fingerprint density at radius 3 is 2.86 bits per heavy atom. The highest BCUT2D eigenvalue weighted by atomic mass is 32.1. The largest absolute Gasteiger partial charge is 0.481 e. The van der Waals surface area contributed by atoms with Gasteiger partial charge in [0.05, 0.1) is 10.4 Å². The number of carbonyl (C=O) groups is 1. The molecule has 0 amide bonds. The van der Waals surface area contributed by atoms with Gasteiger partial charge in [-0.05, 0) is 37.8 Å². The summed E-state index contributed by atoms with van der Waals surface area (Å²) in [6, 6.07) is 3.95. The normalized spacial score (nSPS) is 11.3. The van der Waals surface area contributed by atoms with E-state index >= 15 is 0 Å². The molecule has 14 heavy (non-hydrogen) atoms. The molecular formula is C10H15NO2S. The first-order valence-electron chi connectivity index (χ1n) is 4.53. The van der Waals surface area contributed by atoms with Crippen LogP contribution in [0.25, 0.3) is 0 Å². The first kappa shape index (κ1) is 11.0. The minimum absolute atomic E-state index is 0.625. The van der Waals surface area contributed by atoms with E-state index in [1.54, 1.807) is 25.2 Å². The number of thiophene rings is 1. The molecule has 1 aromatic heterocycles. The van der Waals surface area contributed by atoms with Crippen LogP contribution < -0.4 is 5.32 Å². The molecule has 3 nitrogen and oxygen atoms in total. The smallest absolute Gasteiger partial charge is 0.309 e. The third-order valence-electron chi connectivity index (χ3n) is 2.15. The van der Waals surface area contributed by atoms with Gasteiger partial charge in [0.25, 0.3) is 0 Å². The number of rotatable bonds is 5. The fourth-order valence-corrected chi connectivity index (χ4v) is 1.63. The number of carboxylic acids is 1. The zero-order chi connectivity index (χ0) is 10.6. The first-order chi connectivity index (χ1) is 6.52. The molecule has 0 aliphatic heterocycles. The van der Waals surface area contributed by atoms with Crippen molar-refractivity contribution in [3.8, 4) is 0 Å². The minimum atomic E-state index is -0.745. The van der Waals surface area contributed by atoms with Crippen molar-refractivity contribution in [1.29, 1.82) is 0 Å². The summed E-state index contributed by atoms with van der Waals surface area (Å²) in [5.74, 6) is -0.745. The van der Waals surface area contributed by atoms with Crippen LogP contribution in [-0.4, -0.2) is 17.6 Å². The highest BCUT2D eigenvalue weighted by molar-refractivity contribution is 7.14. The molecule has 0 saturated heterocycles. The van der Waals surface area contributed by atoms with Crippen molar-refractivity contribution in [2.75, 3.05) is 11.9 Å². The molecule has 2 N–H and O–H groups in total. The van der Waals surface area contributed by atoms with E-state index < -0.39 is 11.4 Å². The van der Waals surface area contributed by atoms with Gasteiger partial charge < -0.3 is 10.4 Å². The maximum atomic E-state index is 10.8. The molecule has 4 heteroatoms. The molecule has 0 unspecified atom stereocenters. The summed E-state index contributed by atoms with van der Waals surface area (Å²) in [6.45, 7) is 4.18. The molecule has 0 fully saturated rings. The SMILES string of the molecule is CC(C)(CCNc1cccs1)C(=O)O. The lowest BCUT2D eigenvalue weighted by atomic mass is 9.90. The summed E-state index contributed by atoms with van der Waals surface area (Å²) in [5, 5.41) is 15.1. The molecule has 0 spiro atoms. The predicted octanol–water partition coefficient (Wildman–Crippen LogP) is 2.66. The lowest BCUT2D eigenvalue weighted by molar-refractivity contribution is -0.147. The van der Waals surface area contributed by atoms with Crippen LogP contribution in [0.2, 0.25) is 0 Å². The van der Waals surface area contributed by atoms with E-state index in [0.29, 0.717) is 13.0 Å². The molecule has 0 atom stereocenters. The summed E-state index contributed by atoms with van der Waals surface area (Å²) >= 11 is 1.62. The van der Waals surface area contributed by atoms with Gasteiger partial charge in [-0.2, -0.15) is 0 Å². The van der Waals surface area contributed by atoms with E-state index in [4.69, 9.17) is 5.11 Å². The van der Waals surface area contributed by atoms with Crippen molar-refractivity contribution < 1.29 is 9.90 Å². The van der Waals surface area contributed by atoms with Crippen LogP contribution in [0.3, 0.4) is 0 Å². The van der Waals surface area contributed by atoms with Crippen molar-refractivity contribution in [2.45, 2.75) is 20.3 Å². The molecule has 0 radical (unpaired) electrons. The van der Waals surface area contributed by atoms with Crippen LogP contribution in [-0.2, 0) is 4.79 Å². The number of hydrogen-bond acceptors (Lipinski definition) is 3. The summed E-state index contributed by atoms with van der Waals surface area (Å²) in [5.41, 5.74) is -0.649. The highest BCUT2D eigenvalue weighted by Gasteiger charge is 2.26. The standard InChI is InChI=1S/C10H15NO2S/c1-10(2,9(12)13)5-6-11-8-4-3-7-14-8/h3-4,7,11H,5-6H2,1-2H3,(H,12,13). The summed E-state index contributed by atoms with van der Waals surface area (Å²) in [7, 11) is 0. The number of anilines is 1. The quantitative estimate of drug-likeness (QED) is 0.790. The Labute approximate surface area is 87.8 Å². The zero-order valence-electron chi connectivity index (χ0n) is 8.41. The summed E-state index contributed by atoms with van der Waals surface area (Å²) < 4.78 is 0. The van der Waals surface area contributed by atoms with E-state index in [1.165, 1.54) is 0 Å². The molecule has 1 aromatic rings. The van der Waals surface area contributed by atoms with Gasteiger partial charge in [0.1, 0.15) is 0 Å². The second-order valence-corrected chi connectivity index (χ2v) is 4.79. The van der Waals surface area contributed by atoms with Gasteiger partial charge in [0, 0.05) is 6.54 Å². The Morgan fingerprint density at radius 1 is 1.64 bits per heavy atom. The highest BCUT2D eigenvalue weighted by Crippen LogP contribution is 2.21. The fourth-order valence-electron chi connectivity index (χ4n) is 0.984. The molecular weight excluding hydrogens is 198 g/mol. The lowest BCUT2D eigenvalue weighted by Gasteiger charge is -2.18. The number of aliphatic carboxylic acids is 1. The summed E-state index contributed by atoms with van der Waals surface area (Å²) in [4.78, 5) is 10.8. The summed E-state index contributed by atoms with van der Waals surface area (Å²) in [6.07, 6.45) is 0.625. The van der Waals surface area contributed by atoms with Crippen molar-refractivity contribution in [3.05, 3.63) is 17.5 Å². The zero-order valence-corrected chi connectivity index (χ0v) is 9.23. The molecule has 1 heterocycles. The van der Waals surface area contributed by atoms with Crippen LogP contribution in [0.1, 0.15) is 20.3 Å². The van der Waals surface area contributed by atoms with Crippen LogP contribution in [0.5, 0.6) is 0 Å². The van der Waals surface area contributed by atoms with Gasteiger partial charge in [-0.1, -0.05) is 0 Å². The maximum Gasteiger partial charge on any atom is 0.309 e. The number of carboxylic acid groups (broad SMARTS) is 1.